The molecule has 0 bridgehead atoms. The van der Waals surface area contributed by atoms with Crippen molar-refractivity contribution in [2.75, 3.05) is 11.1 Å². The second-order valence-corrected chi connectivity index (χ2v) is 5.59. The average molecular weight is 377 g/mol. The van der Waals surface area contributed by atoms with Gasteiger partial charge in [-0.3, -0.25) is 14.8 Å². The smallest absolute Gasteiger partial charge is 0.256 e. The highest BCUT2D eigenvalue weighted by molar-refractivity contribution is 6.29. The summed E-state index contributed by atoms with van der Waals surface area (Å²) < 4.78 is 0. The molecule has 0 fully saturated rings. The number of nitrogens with one attached hydrogen (secondary N) is 1. The first-order valence-corrected chi connectivity index (χ1v) is 7.78. The molecule has 0 radical (unpaired) electrons. The highest BCUT2D eigenvalue weighted by Crippen LogP contribution is 2.10. The van der Waals surface area contributed by atoms with E-state index in [1.807, 2.05) is 19.1 Å². The molecule has 0 saturated heterocycles. The number of halogens is 2. The number of carbonyl (C=O) groups is 1. The molecule has 3 rings (SSSR count). The molecule has 0 spiro atoms. The standard InChI is InChI=1S/C12H10ClN3O.C4H4ClN3/c1-8-3-2-4-9(5-8)12(17)16-11-7-14-6-10(13)15-11;5-3-1-7-2-4(6)8-3/h2-7H,1H3,(H,15,16,17);1-2H,(H2,6,8). The molecule has 3 N–H and O–H groups in total. The predicted octanol–water partition coefficient (Wildman–Crippen LogP) is 3.40. The molecule has 0 aliphatic carbocycles. The summed E-state index contributed by atoms with van der Waals surface area (Å²) in [5, 5.41) is 3.20. The van der Waals surface area contributed by atoms with E-state index in [0.717, 1.165) is 5.56 Å². The lowest BCUT2D eigenvalue weighted by Crippen LogP contribution is -2.13. The Hall–Kier alpha value is -2.77. The minimum absolute atomic E-state index is 0.231. The summed E-state index contributed by atoms with van der Waals surface area (Å²) in [6, 6.07) is 7.29. The number of hydrogen-bond acceptors (Lipinski definition) is 6. The molecule has 1 amide bonds. The van der Waals surface area contributed by atoms with Gasteiger partial charge in [-0.15, -0.1) is 0 Å². The van der Waals surface area contributed by atoms with Crippen molar-refractivity contribution >= 4 is 40.7 Å². The summed E-state index contributed by atoms with van der Waals surface area (Å²) >= 11 is 11.1. The summed E-state index contributed by atoms with van der Waals surface area (Å²) in [5.74, 6) is 0.451. The van der Waals surface area contributed by atoms with E-state index in [1.165, 1.54) is 24.8 Å². The predicted molar refractivity (Wildman–Crippen MR) is 97.6 cm³/mol. The van der Waals surface area contributed by atoms with Gasteiger partial charge in [0.1, 0.15) is 16.1 Å². The molecule has 0 atom stereocenters. The maximum Gasteiger partial charge on any atom is 0.256 e. The van der Waals surface area contributed by atoms with Crippen LogP contribution < -0.4 is 11.1 Å². The Morgan fingerprint density at radius 3 is 2.28 bits per heavy atom. The van der Waals surface area contributed by atoms with Crippen LogP contribution in [0.2, 0.25) is 10.3 Å². The Morgan fingerprint density at radius 2 is 1.72 bits per heavy atom. The van der Waals surface area contributed by atoms with Crippen molar-refractivity contribution in [3.05, 3.63) is 70.5 Å². The fourth-order valence-electron chi connectivity index (χ4n) is 1.73. The minimum atomic E-state index is -0.231. The van der Waals surface area contributed by atoms with Crippen molar-refractivity contribution in [2.24, 2.45) is 0 Å². The van der Waals surface area contributed by atoms with Crippen molar-refractivity contribution in [1.29, 1.82) is 0 Å². The van der Waals surface area contributed by atoms with Gasteiger partial charge in [-0.2, -0.15) is 0 Å². The number of aromatic nitrogens is 4. The van der Waals surface area contributed by atoms with Crippen LogP contribution in [0.25, 0.3) is 0 Å². The molecule has 0 aliphatic rings. The Bertz CT molecular complexity index is 857. The molecule has 128 valence electrons. The number of anilines is 2. The molecule has 7 nitrogen and oxygen atoms in total. The first-order valence-electron chi connectivity index (χ1n) is 7.02. The van der Waals surface area contributed by atoms with Gasteiger partial charge in [0.25, 0.3) is 5.91 Å². The van der Waals surface area contributed by atoms with E-state index in [-0.39, 0.29) is 11.1 Å². The zero-order valence-corrected chi connectivity index (χ0v) is 14.7. The lowest BCUT2D eigenvalue weighted by Gasteiger charge is -2.04. The topological polar surface area (TPSA) is 107 Å². The van der Waals surface area contributed by atoms with Crippen molar-refractivity contribution in [1.82, 2.24) is 19.9 Å². The van der Waals surface area contributed by atoms with E-state index in [9.17, 15) is 4.79 Å². The Morgan fingerprint density at radius 1 is 1.04 bits per heavy atom. The number of benzene rings is 1. The first kappa shape index (κ1) is 18.6. The van der Waals surface area contributed by atoms with Gasteiger partial charge in [-0.25, -0.2) is 9.97 Å². The van der Waals surface area contributed by atoms with E-state index in [0.29, 0.717) is 22.4 Å². The number of nitrogen functional groups attached to an aromatic ring is 1. The van der Waals surface area contributed by atoms with Gasteiger partial charge in [0, 0.05) is 5.56 Å². The van der Waals surface area contributed by atoms with E-state index >= 15 is 0 Å². The monoisotopic (exact) mass is 376 g/mol. The summed E-state index contributed by atoms with van der Waals surface area (Å²) in [6.07, 6.45) is 5.72. The largest absolute Gasteiger partial charge is 0.382 e. The van der Waals surface area contributed by atoms with Crippen LogP contribution in [-0.4, -0.2) is 25.8 Å². The minimum Gasteiger partial charge on any atom is -0.382 e. The number of hydrogen-bond donors (Lipinski definition) is 2. The highest BCUT2D eigenvalue weighted by Gasteiger charge is 2.07. The van der Waals surface area contributed by atoms with Crippen LogP contribution >= 0.6 is 23.2 Å². The van der Waals surface area contributed by atoms with E-state index < -0.39 is 0 Å². The van der Waals surface area contributed by atoms with Crippen LogP contribution in [0.4, 0.5) is 11.6 Å². The van der Waals surface area contributed by atoms with Gasteiger partial charge in [-0.1, -0.05) is 40.9 Å². The molecular formula is C16H14Cl2N6O. The van der Waals surface area contributed by atoms with Crippen molar-refractivity contribution in [3.63, 3.8) is 0 Å². The Balaban J connectivity index is 0.000000236. The third-order valence-electron chi connectivity index (χ3n) is 2.75. The molecule has 0 saturated carbocycles. The second-order valence-electron chi connectivity index (χ2n) is 4.82. The zero-order chi connectivity index (χ0) is 18.2. The van der Waals surface area contributed by atoms with Crippen LogP contribution in [-0.2, 0) is 0 Å². The third-order valence-corrected chi connectivity index (χ3v) is 3.11. The summed E-state index contributed by atoms with van der Waals surface area (Å²) in [7, 11) is 0. The maximum absolute atomic E-state index is 11.9. The molecule has 0 unspecified atom stereocenters. The number of amides is 1. The van der Waals surface area contributed by atoms with Gasteiger partial charge >= 0.3 is 0 Å². The third kappa shape index (κ3) is 6.33. The van der Waals surface area contributed by atoms with Gasteiger partial charge in [0.2, 0.25) is 0 Å². The van der Waals surface area contributed by atoms with E-state index in [2.05, 4.69) is 25.3 Å². The van der Waals surface area contributed by atoms with Gasteiger partial charge in [0.15, 0.2) is 5.82 Å². The normalized spacial score (nSPS) is 9.72. The van der Waals surface area contributed by atoms with Crippen LogP contribution in [0.15, 0.2) is 49.1 Å². The van der Waals surface area contributed by atoms with Crippen molar-refractivity contribution < 1.29 is 4.79 Å². The first-order chi connectivity index (χ1) is 11.9. The molecule has 2 heterocycles. The van der Waals surface area contributed by atoms with Crippen molar-refractivity contribution in [3.8, 4) is 0 Å². The van der Waals surface area contributed by atoms with Gasteiger partial charge in [-0.05, 0) is 19.1 Å². The second kappa shape index (κ2) is 8.91. The Labute approximate surface area is 154 Å². The molecule has 2 aromatic heterocycles. The Kier molecular flexibility index (Phi) is 6.62. The number of nitrogens with zero attached hydrogens (tertiary/aromatic N) is 4. The maximum atomic E-state index is 11.9. The summed E-state index contributed by atoms with van der Waals surface area (Å²) in [6.45, 7) is 1.93. The van der Waals surface area contributed by atoms with Crippen molar-refractivity contribution in [2.45, 2.75) is 6.92 Å². The fraction of sp³-hybridized carbons (Fsp3) is 0.0625. The molecule has 1 aromatic carbocycles. The molecule has 9 heteroatoms. The highest BCUT2D eigenvalue weighted by atomic mass is 35.5. The molecule has 0 aliphatic heterocycles. The number of nitrogens with two attached hydrogens (primary N) is 1. The number of rotatable bonds is 2. The van der Waals surface area contributed by atoms with E-state index in [1.54, 1.807) is 12.1 Å². The summed E-state index contributed by atoms with van der Waals surface area (Å²) in [4.78, 5) is 26.9. The number of carbonyl (C=O) groups excluding carboxylic acids is 1. The lowest BCUT2D eigenvalue weighted by molar-refractivity contribution is 0.102. The fourth-order valence-corrected chi connectivity index (χ4v) is 2.03. The quantitative estimate of drug-likeness (QED) is 0.709. The number of aryl methyl sites for hydroxylation is 1. The van der Waals surface area contributed by atoms with Gasteiger partial charge < -0.3 is 11.1 Å². The SMILES string of the molecule is Cc1cccc(C(=O)Nc2cncc(Cl)n2)c1.Nc1cncc(Cl)n1. The van der Waals surface area contributed by atoms with Crippen LogP contribution in [0.1, 0.15) is 15.9 Å². The molecular weight excluding hydrogens is 363 g/mol. The van der Waals surface area contributed by atoms with Gasteiger partial charge in [0.05, 0.1) is 24.8 Å². The van der Waals surface area contributed by atoms with E-state index in [4.69, 9.17) is 28.9 Å². The van der Waals surface area contributed by atoms with Crippen LogP contribution in [0, 0.1) is 6.92 Å². The van der Waals surface area contributed by atoms with Crippen LogP contribution in [0.5, 0.6) is 0 Å². The van der Waals surface area contributed by atoms with Crippen LogP contribution in [0.3, 0.4) is 0 Å². The zero-order valence-electron chi connectivity index (χ0n) is 13.1. The molecule has 3 aromatic rings. The molecule has 25 heavy (non-hydrogen) atoms. The summed E-state index contributed by atoms with van der Waals surface area (Å²) in [5.41, 5.74) is 6.80. The average Bonchev–Trinajstić information content (AvgIpc) is 2.55. The lowest BCUT2D eigenvalue weighted by atomic mass is 10.1.